The minimum atomic E-state index is 0.0931. The summed E-state index contributed by atoms with van der Waals surface area (Å²) < 4.78 is 1.54. The number of rotatable bonds is 1. The van der Waals surface area contributed by atoms with Crippen LogP contribution in [0.25, 0.3) is 0 Å². The Morgan fingerprint density at radius 1 is 1.53 bits per heavy atom. The molecule has 0 bridgehead atoms. The number of carbonyl (C=O) groups is 1. The molecule has 0 saturated carbocycles. The molecule has 15 heavy (non-hydrogen) atoms. The van der Waals surface area contributed by atoms with Gasteiger partial charge in [0.1, 0.15) is 4.60 Å². The predicted octanol–water partition coefficient (Wildman–Crippen LogP) is 2.64. The maximum absolute atomic E-state index is 11.7. The van der Waals surface area contributed by atoms with Gasteiger partial charge in [0, 0.05) is 28.9 Å². The van der Waals surface area contributed by atoms with Gasteiger partial charge in [-0.05, 0) is 37.9 Å². The Balaban J connectivity index is 2.37. The first kappa shape index (κ1) is 11.4. The first-order chi connectivity index (χ1) is 7.08. The van der Waals surface area contributed by atoms with E-state index in [0.29, 0.717) is 17.6 Å². The summed E-state index contributed by atoms with van der Waals surface area (Å²) in [6.45, 7) is 0.638. The molecule has 80 valence electrons. The average Bonchev–Trinajstić information content (AvgIpc) is 2.50. The molecule has 1 unspecified atom stereocenters. The monoisotopic (exact) mass is 350 g/mol. The van der Waals surface area contributed by atoms with Gasteiger partial charge in [-0.1, -0.05) is 0 Å². The van der Waals surface area contributed by atoms with Crippen LogP contribution < -0.4 is 4.90 Å². The molecular formula is C9H8Br2N2OS. The van der Waals surface area contributed by atoms with E-state index < -0.39 is 0 Å². The number of halogens is 2. The molecule has 0 N–H and O–H groups in total. The summed E-state index contributed by atoms with van der Waals surface area (Å²) in [5.74, 6) is 0.0931. The molecular weight excluding hydrogens is 344 g/mol. The zero-order valence-electron chi connectivity index (χ0n) is 7.65. The summed E-state index contributed by atoms with van der Waals surface area (Å²) in [4.78, 5) is 17.5. The van der Waals surface area contributed by atoms with Crippen molar-refractivity contribution in [3.05, 3.63) is 21.3 Å². The largest absolute Gasteiger partial charge is 0.309 e. The molecule has 1 fully saturated rings. The number of nitrogens with zero attached hydrogens (tertiary/aromatic N) is 2. The van der Waals surface area contributed by atoms with E-state index in [1.54, 1.807) is 11.1 Å². The first-order valence-corrected chi connectivity index (χ1v) is 6.47. The van der Waals surface area contributed by atoms with Crippen LogP contribution in [0.1, 0.15) is 6.42 Å². The molecule has 0 spiro atoms. The van der Waals surface area contributed by atoms with Crippen LogP contribution in [-0.4, -0.2) is 22.7 Å². The third-order valence-electron chi connectivity index (χ3n) is 2.18. The van der Waals surface area contributed by atoms with Crippen molar-refractivity contribution < 1.29 is 4.79 Å². The quantitative estimate of drug-likeness (QED) is 0.623. The summed E-state index contributed by atoms with van der Waals surface area (Å²) in [5, 5.41) is 0.114. The van der Waals surface area contributed by atoms with Gasteiger partial charge < -0.3 is 4.90 Å². The average molecular weight is 352 g/mol. The Bertz CT molecular complexity index is 413. The highest BCUT2D eigenvalue weighted by atomic mass is 79.9. The molecule has 1 atom stereocenters. The van der Waals surface area contributed by atoms with Crippen molar-refractivity contribution in [2.24, 2.45) is 0 Å². The topological polar surface area (TPSA) is 33.2 Å². The van der Waals surface area contributed by atoms with Crippen LogP contribution in [0.3, 0.4) is 0 Å². The number of amides is 1. The Labute approximate surface area is 110 Å². The lowest BCUT2D eigenvalue weighted by atomic mass is 10.4. The first-order valence-electron chi connectivity index (χ1n) is 4.37. The van der Waals surface area contributed by atoms with Crippen LogP contribution in [0.4, 0.5) is 5.69 Å². The number of hydrogen-bond donors (Lipinski definition) is 1. The van der Waals surface area contributed by atoms with Crippen molar-refractivity contribution in [1.29, 1.82) is 0 Å². The van der Waals surface area contributed by atoms with E-state index in [1.165, 1.54) is 0 Å². The predicted molar refractivity (Wildman–Crippen MR) is 69.4 cm³/mol. The Hall–Kier alpha value is -0.0700. The van der Waals surface area contributed by atoms with E-state index in [0.717, 1.165) is 10.2 Å². The van der Waals surface area contributed by atoms with Crippen molar-refractivity contribution in [1.82, 2.24) is 4.98 Å². The molecule has 6 heteroatoms. The van der Waals surface area contributed by atoms with Crippen molar-refractivity contribution >= 4 is 56.1 Å². The van der Waals surface area contributed by atoms with Gasteiger partial charge in [0.2, 0.25) is 5.91 Å². The molecule has 1 amide bonds. The Morgan fingerprint density at radius 2 is 2.27 bits per heavy atom. The maximum Gasteiger partial charge on any atom is 0.228 e. The lowest BCUT2D eigenvalue weighted by molar-refractivity contribution is -0.117. The van der Waals surface area contributed by atoms with Crippen LogP contribution in [0.15, 0.2) is 21.3 Å². The Morgan fingerprint density at radius 3 is 2.87 bits per heavy atom. The second kappa shape index (κ2) is 4.43. The maximum atomic E-state index is 11.7. The van der Waals surface area contributed by atoms with Crippen LogP contribution >= 0.6 is 44.5 Å². The summed E-state index contributed by atoms with van der Waals surface area (Å²) in [6.07, 6.45) is 2.17. The second-order valence-corrected chi connectivity index (χ2v) is 5.72. The molecule has 2 heterocycles. The third-order valence-corrected chi connectivity index (χ3v) is 3.57. The number of carbonyl (C=O) groups excluding carboxylic acids is 1. The van der Waals surface area contributed by atoms with E-state index in [4.69, 9.17) is 0 Å². The zero-order valence-corrected chi connectivity index (χ0v) is 11.7. The highest BCUT2D eigenvalue weighted by Gasteiger charge is 2.29. The van der Waals surface area contributed by atoms with Crippen molar-refractivity contribution in [2.45, 2.75) is 11.7 Å². The molecule has 1 saturated heterocycles. The fourth-order valence-corrected chi connectivity index (χ4v) is 2.59. The number of thiol groups is 1. The lowest BCUT2D eigenvalue weighted by Gasteiger charge is -2.17. The van der Waals surface area contributed by atoms with Gasteiger partial charge in [0.05, 0.1) is 5.69 Å². The van der Waals surface area contributed by atoms with E-state index >= 15 is 0 Å². The molecule has 0 radical (unpaired) electrons. The van der Waals surface area contributed by atoms with Crippen molar-refractivity contribution in [2.75, 3.05) is 11.4 Å². The molecule has 1 aliphatic heterocycles. The summed E-state index contributed by atoms with van der Waals surface area (Å²) in [7, 11) is 0. The van der Waals surface area contributed by atoms with Gasteiger partial charge in [-0.25, -0.2) is 4.98 Å². The van der Waals surface area contributed by atoms with Gasteiger partial charge in [-0.3, -0.25) is 4.79 Å². The number of aromatic nitrogens is 1. The number of anilines is 1. The Kier molecular flexibility index (Phi) is 3.37. The third kappa shape index (κ3) is 2.37. The molecule has 0 aliphatic carbocycles. The van der Waals surface area contributed by atoms with E-state index in [-0.39, 0.29) is 11.2 Å². The summed E-state index contributed by atoms with van der Waals surface area (Å²) in [6, 6.07) is 1.88. The standard InChI is InChI=1S/C9H8Br2N2OS/c10-5-1-7(9(11)12-3-5)13-4-6(15)2-8(13)14/h1,3,6,15H,2,4H2. The summed E-state index contributed by atoms with van der Waals surface area (Å²) >= 11 is 11.0. The SMILES string of the molecule is O=C1CC(S)CN1c1cc(Br)cnc1Br. The minimum Gasteiger partial charge on any atom is -0.309 e. The van der Waals surface area contributed by atoms with E-state index in [1.807, 2.05) is 6.07 Å². The smallest absolute Gasteiger partial charge is 0.228 e. The highest BCUT2D eigenvalue weighted by Crippen LogP contribution is 2.31. The van der Waals surface area contributed by atoms with Gasteiger partial charge in [-0.2, -0.15) is 12.6 Å². The van der Waals surface area contributed by atoms with Gasteiger partial charge >= 0.3 is 0 Å². The minimum absolute atomic E-state index is 0.0931. The van der Waals surface area contributed by atoms with Crippen LogP contribution in [-0.2, 0) is 4.79 Å². The molecule has 1 aliphatic rings. The fraction of sp³-hybridized carbons (Fsp3) is 0.333. The fourth-order valence-electron chi connectivity index (χ4n) is 1.52. The van der Waals surface area contributed by atoms with Crippen molar-refractivity contribution in [3.8, 4) is 0 Å². The molecule has 2 rings (SSSR count). The van der Waals surface area contributed by atoms with E-state index in [9.17, 15) is 4.79 Å². The van der Waals surface area contributed by atoms with E-state index in [2.05, 4.69) is 49.5 Å². The molecule has 0 aromatic carbocycles. The van der Waals surface area contributed by atoms with Crippen LogP contribution in [0, 0.1) is 0 Å². The number of hydrogen-bond acceptors (Lipinski definition) is 3. The molecule has 3 nitrogen and oxygen atoms in total. The molecule has 1 aromatic rings. The zero-order chi connectivity index (χ0) is 11.0. The van der Waals surface area contributed by atoms with Crippen LogP contribution in [0.2, 0.25) is 0 Å². The molecule has 1 aromatic heterocycles. The summed E-state index contributed by atoms with van der Waals surface area (Å²) in [5.41, 5.74) is 0.797. The van der Waals surface area contributed by atoms with Crippen molar-refractivity contribution in [3.63, 3.8) is 0 Å². The van der Waals surface area contributed by atoms with Gasteiger partial charge in [0.15, 0.2) is 0 Å². The lowest BCUT2D eigenvalue weighted by Crippen LogP contribution is -2.25. The number of pyridine rings is 1. The van der Waals surface area contributed by atoms with Crippen LogP contribution in [0.5, 0.6) is 0 Å². The van der Waals surface area contributed by atoms with Gasteiger partial charge in [0.25, 0.3) is 0 Å². The van der Waals surface area contributed by atoms with Gasteiger partial charge in [-0.15, -0.1) is 0 Å². The highest BCUT2D eigenvalue weighted by molar-refractivity contribution is 9.11. The normalized spacial score (nSPS) is 21.1. The second-order valence-electron chi connectivity index (χ2n) is 3.33.